The third kappa shape index (κ3) is 4.41. The highest BCUT2D eigenvalue weighted by molar-refractivity contribution is 5.92. The number of fused-ring (bicyclic) bond motifs is 1. The molecule has 0 aliphatic heterocycles. The Morgan fingerprint density at radius 1 is 1.07 bits per heavy atom. The number of carbonyl (C=O) groups excluding carboxylic acids is 1. The zero-order valence-corrected chi connectivity index (χ0v) is 16.3. The second-order valence-corrected chi connectivity index (χ2v) is 7.68. The topological polar surface area (TPSA) is 59.8 Å². The number of aryl methyl sites for hydroxylation is 1. The van der Waals surface area contributed by atoms with Gasteiger partial charge < -0.3 is 9.88 Å². The quantitative estimate of drug-likeness (QED) is 0.666. The maximum absolute atomic E-state index is 12.2. The first-order valence-corrected chi connectivity index (χ1v) is 10.4. The van der Waals surface area contributed by atoms with Crippen LogP contribution >= 0.6 is 0 Å². The number of benzene rings is 1. The van der Waals surface area contributed by atoms with Gasteiger partial charge in [-0.25, -0.2) is 4.98 Å². The highest BCUT2D eigenvalue weighted by Gasteiger charge is 2.16. The summed E-state index contributed by atoms with van der Waals surface area (Å²) in [7, 11) is 0. The van der Waals surface area contributed by atoms with Gasteiger partial charge in [-0.05, 0) is 36.6 Å². The van der Waals surface area contributed by atoms with E-state index in [9.17, 15) is 4.79 Å². The first-order chi connectivity index (χ1) is 13.8. The van der Waals surface area contributed by atoms with Gasteiger partial charge in [0.15, 0.2) is 0 Å². The fraction of sp³-hybridized carbons (Fsp3) is 0.435. The molecule has 5 heteroatoms. The van der Waals surface area contributed by atoms with Crippen molar-refractivity contribution in [2.45, 2.75) is 51.5 Å². The summed E-state index contributed by atoms with van der Waals surface area (Å²) in [6.45, 7) is 1.57. The average molecular weight is 377 g/mol. The van der Waals surface area contributed by atoms with E-state index in [4.69, 9.17) is 4.98 Å². The molecule has 1 amide bonds. The molecule has 3 aromatic rings. The molecule has 2 aromatic heterocycles. The fourth-order valence-corrected chi connectivity index (χ4v) is 4.23. The molecule has 1 N–H and O–H groups in total. The van der Waals surface area contributed by atoms with Gasteiger partial charge in [0, 0.05) is 25.7 Å². The van der Waals surface area contributed by atoms with Crippen LogP contribution in [0.3, 0.4) is 0 Å². The maximum Gasteiger partial charge on any atom is 0.269 e. The number of nitrogens with one attached hydrogen (secondary N) is 1. The standard InChI is InChI=1S/C23H28N4O/c28-23(20-11-6-7-15-24-20)25-16-13-22-26-19-10-4-5-12-21(19)27(22)17-14-18-8-2-1-3-9-18/h4-7,10-12,15,18H,1-3,8-9,13-14,16-17H2,(H,25,28). The molecule has 1 aliphatic carbocycles. The Kier molecular flexibility index (Phi) is 6.00. The number of carbonyl (C=O) groups is 1. The molecule has 1 aliphatic rings. The van der Waals surface area contributed by atoms with Crippen molar-refractivity contribution in [3.05, 3.63) is 60.2 Å². The fourth-order valence-electron chi connectivity index (χ4n) is 4.23. The lowest BCUT2D eigenvalue weighted by Crippen LogP contribution is -2.27. The Balaban J connectivity index is 1.42. The van der Waals surface area contributed by atoms with Crippen molar-refractivity contribution in [1.29, 1.82) is 0 Å². The maximum atomic E-state index is 12.2. The van der Waals surface area contributed by atoms with Gasteiger partial charge in [-0.15, -0.1) is 0 Å². The van der Waals surface area contributed by atoms with Crippen LogP contribution in [0.2, 0.25) is 0 Å². The second kappa shape index (κ2) is 9.00. The molecule has 28 heavy (non-hydrogen) atoms. The van der Waals surface area contributed by atoms with Crippen molar-refractivity contribution >= 4 is 16.9 Å². The molecular weight excluding hydrogens is 348 g/mol. The second-order valence-electron chi connectivity index (χ2n) is 7.68. The van der Waals surface area contributed by atoms with E-state index in [1.165, 1.54) is 44.0 Å². The van der Waals surface area contributed by atoms with Crippen molar-refractivity contribution in [3.8, 4) is 0 Å². The predicted octanol–water partition coefficient (Wildman–Crippen LogP) is 4.37. The molecule has 0 atom stereocenters. The number of aromatic nitrogens is 3. The molecule has 0 saturated heterocycles. The highest BCUT2D eigenvalue weighted by atomic mass is 16.1. The van der Waals surface area contributed by atoms with E-state index in [1.54, 1.807) is 12.3 Å². The van der Waals surface area contributed by atoms with Crippen molar-refractivity contribution in [2.75, 3.05) is 6.54 Å². The van der Waals surface area contributed by atoms with Crippen LogP contribution in [0.1, 0.15) is 54.8 Å². The Morgan fingerprint density at radius 2 is 1.89 bits per heavy atom. The van der Waals surface area contributed by atoms with E-state index < -0.39 is 0 Å². The highest BCUT2D eigenvalue weighted by Crippen LogP contribution is 2.27. The van der Waals surface area contributed by atoms with Crippen molar-refractivity contribution in [3.63, 3.8) is 0 Å². The monoisotopic (exact) mass is 376 g/mol. The minimum atomic E-state index is -0.134. The summed E-state index contributed by atoms with van der Waals surface area (Å²) in [5, 5.41) is 2.97. The van der Waals surface area contributed by atoms with E-state index in [-0.39, 0.29) is 5.91 Å². The Morgan fingerprint density at radius 3 is 2.71 bits per heavy atom. The van der Waals surface area contributed by atoms with Crippen LogP contribution in [-0.4, -0.2) is 27.0 Å². The van der Waals surface area contributed by atoms with Gasteiger partial charge in [-0.1, -0.05) is 50.3 Å². The van der Waals surface area contributed by atoms with Crippen LogP contribution in [0, 0.1) is 5.92 Å². The molecule has 146 valence electrons. The number of hydrogen-bond donors (Lipinski definition) is 1. The molecule has 0 radical (unpaired) electrons. The lowest BCUT2D eigenvalue weighted by molar-refractivity contribution is 0.0949. The molecule has 1 fully saturated rings. The van der Waals surface area contributed by atoms with Crippen LogP contribution in [0.5, 0.6) is 0 Å². The number of hydrogen-bond acceptors (Lipinski definition) is 3. The van der Waals surface area contributed by atoms with Gasteiger partial charge in [0.05, 0.1) is 11.0 Å². The Labute approximate surface area is 166 Å². The van der Waals surface area contributed by atoms with Crippen molar-refractivity contribution in [2.24, 2.45) is 5.92 Å². The van der Waals surface area contributed by atoms with Gasteiger partial charge in [0.2, 0.25) is 0 Å². The smallest absolute Gasteiger partial charge is 0.269 e. The third-order valence-electron chi connectivity index (χ3n) is 5.75. The SMILES string of the molecule is O=C(NCCc1nc2ccccc2n1CCC1CCCCC1)c1ccccn1. The molecule has 1 saturated carbocycles. The molecule has 5 nitrogen and oxygen atoms in total. The third-order valence-corrected chi connectivity index (χ3v) is 5.75. The summed E-state index contributed by atoms with van der Waals surface area (Å²) < 4.78 is 2.36. The Hall–Kier alpha value is -2.69. The summed E-state index contributed by atoms with van der Waals surface area (Å²) in [5.41, 5.74) is 2.69. The molecule has 1 aromatic carbocycles. The van der Waals surface area contributed by atoms with Gasteiger partial charge in [0.25, 0.3) is 5.91 Å². The largest absolute Gasteiger partial charge is 0.350 e. The predicted molar refractivity (Wildman–Crippen MR) is 111 cm³/mol. The minimum absolute atomic E-state index is 0.134. The zero-order chi connectivity index (χ0) is 19.2. The zero-order valence-electron chi connectivity index (χ0n) is 16.3. The summed E-state index contributed by atoms with van der Waals surface area (Å²) in [6, 6.07) is 13.7. The Bertz CT molecular complexity index is 913. The molecule has 0 bridgehead atoms. The van der Waals surface area contributed by atoms with E-state index >= 15 is 0 Å². The summed E-state index contributed by atoms with van der Waals surface area (Å²) >= 11 is 0. The van der Waals surface area contributed by atoms with E-state index in [2.05, 4.69) is 33.1 Å². The molecule has 0 unspecified atom stereocenters. The molecular formula is C23H28N4O. The van der Waals surface area contributed by atoms with Crippen LogP contribution in [0.4, 0.5) is 0 Å². The van der Waals surface area contributed by atoms with Crippen molar-refractivity contribution in [1.82, 2.24) is 19.9 Å². The van der Waals surface area contributed by atoms with Gasteiger partial charge >= 0.3 is 0 Å². The number of imidazole rings is 1. The number of nitrogens with zero attached hydrogens (tertiary/aromatic N) is 3. The van der Waals surface area contributed by atoms with Crippen LogP contribution in [0.25, 0.3) is 11.0 Å². The number of pyridine rings is 1. The molecule has 2 heterocycles. The van der Waals surface area contributed by atoms with Crippen LogP contribution in [0.15, 0.2) is 48.7 Å². The summed E-state index contributed by atoms with van der Waals surface area (Å²) in [5.74, 6) is 1.76. The van der Waals surface area contributed by atoms with Gasteiger partial charge in [-0.2, -0.15) is 0 Å². The number of rotatable bonds is 7. The van der Waals surface area contributed by atoms with E-state index in [0.29, 0.717) is 12.2 Å². The molecule has 4 rings (SSSR count). The van der Waals surface area contributed by atoms with Crippen molar-refractivity contribution < 1.29 is 4.79 Å². The lowest BCUT2D eigenvalue weighted by Gasteiger charge is -2.22. The summed E-state index contributed by atoms with van der Waals surface area (Å²) in [4.78, 5) is 21.2. The van der Waals surface area contributed by atoms with Gasteiger partial charge in [0.1, 0.15) is 11.5 Å². The average Bonchev–Trinajstić information content (AvgIpc) is 3.11. The molecule has 0 spiro atoms. The van der Waals surface area contributed by atoms with Gasteiger partial charge in [-0.3, -0.25) is 9.78 Å². The van der Waals surface area contributed by atoms with Crippen LogP contribution in [-0.2, 0) is 13.0 Å². The summed E-state index contributed by atoms with van der Waals surface area (Å²) in [6.07, 6.45) is 10.4. The minimum Gasteiger partial charge on any atom is -0.350 e. The van der Waals surface area contributed by atoms with E-state index in [1.807, 2.05) is 18.2 Å². The van der Waals surface area contributed by atoms with E-state index in [0.717, 1.165) is 30.2 Å². The lowest BCUT2D eigenvalue weighted by atomic mass is 9.87. The number of amides is 1. The van der Waals surface area contributed by atoms with Crippen LogP contribution < -0.4 is 5.32 Å². The number of para-hydroxylation sites is 2. The first kappa shape index (κ1) is 18.7. The normalized spacial score (nSPS) is 15.0. The first-order valence-electron chi connectivity index (χ1n) is 10.4.